The molecule has 0 bridgehead atoms. The quantitative estimate of drug-likeness (QED) is 0.451. The number of pyridine rings is 2. The number of urea groups is 1. The number of nitrogens with zero attached hydrogens (tertiary/aromatic N) is 3. The van der Waals surface area contributed by atoms with Crippen LogP contribution in [0.3, 0.4) is 0 Å². The Morgan fingerprint density at radius 1 is 1.36 bits per heavy atom. The van der Waals surface area contributed by atoms with Crippen LogP contribution >= 0.6 is 0 Å². The molecule has 0 unspecified atom stereocenters. The number of amides is 3. The summed E-state index contributed by atoms with van der Waals surface area (Å²) in [5.74, 6) is 1.13. The van der Waals surface area contributed by atoms with Gasteiger partial charge in [-0.1, -0.05) is 0 Å². The number of nitrogens with one attached hydrogen (secondary N) is 3. The molecule has 1 fully saturated rings. The van der Waals surface area contributed by atoms with Gasteiger partial charge in [0.15, 0.2) is 0 Å². The Hall–Kier alpha value is -3.79. The SMILES string of the molecule is Cc1nc(NC(=O)N2CCCC2=O)ccc1Oc1ccnc(/C(C=N)=C/NCC(C)(C)O)c1. The number of rotatable bonds is 8. The van der Waals surface area contributed by atoms with Crippen molar-refractivity contribution in [1.82, 2.24) is 20.2 Å². The Kier molecular flexibility index (Phi) is 7.39. The lowest BCUT2D eigenvalue weighted by molar-refractivity contribution is -0.125. The maximum atomic E-state index is 12.2. The van der Waals surface area contributed by atoms with Gasteiger partial charge >= 0.3 is 6.03 Å². The molecule has 0 aromatic carbocycles. The number of allylic oxidation sites excluding steroid dienone is 1. The predicted molar refractivity (Wildman–Crippen MR) is 124 cm³/mol. The van der Waals surface area contributed by atoms with Crippen LogP contribution in [-0.2, 0) is 4.79 Å². The van der Waals surface area contributed by atoms with E-state index in [1.807, 2.05) is 0 Å². The molecule has 2 aromatic heterocycles. The second-order valence-electron chi connectivity index (χ2n) is 8.28. The van der Waals surface area contributed by atoms with E-state index in [0.717, 1.165) is 0 Å². The first-order chi connectivity index (χ1) is 15.7. The zero-order valence-corrected chi connectivity index (χ0v) is 18.9. The van der Waals surface area contributed by atoms with E-state index in [1.54, 1.807) is 57.4 Å². The van der Waals surface area contributed by atoms with Crippen LogP contribution in [0, 0.1) is 12.3 Å². The zero-order chi connectivity index (χ0) is 24.0. The number of likely N-dealkylation sites (tertiary alicyclic amines) is 1. The molecule has 1 aliphatic heterocycles. The molecule has 10 heteroatoms. The molecule has 3 rings (SSSR count). The maximum Gasteiger partial charge on any atom is 0.329 e. The average Bonchev–Trinajstić information content (AvgIpc) is 3.19. The van der Waals surface area contributed by atoms with Crippen LogP contribution in [0.15, 0.2) is 36.7 Å². The Morgan fingerprint density at radius 2 is 2.15 bits per heavy atom. The number of aromatic nitrogens is 2. The molecular weight excluding hydrogens is 424 g/mol. The van der Waals surface area contributed by atoms with Crippen molar-refractivity contribution in [3.8, 4) is 11.5 Å². The summed E-state index contributed by atoms with van der Waals surface area (Å²) in [4.78, 5) is 33.8. The molecule has 2 aromatic rings. The fourth-order valence-corrected chi connectivity index (χ4v) is 3.13. The largest absolute Gasteiger partial charge is 0.455 e. The Labute approximate surface area is 192 Å². The van der Waals surface area contributed by atoms with Gasteiger partial charge < -0.3 is 20.6 Å². The number of ether oxygens (including phenoxy) is 1. The summed E-state index contributed by atoms with van der Waals surface area (Å²) in [5.41, 5.74) is 0.709. The normalized spacial score (nSPS) is 14.2. The second-order valence-corrected chi connectivity index (χ2v) is 8.28. The summed E-state index contributed by atoms with van der Waals surface area (Å²) >= 11 is 0. The third-order valence-corrected chi connectivity index (χ3v) is 4.79. The Morgan fingerprint density at radius 3 is 2.79 bits per heavy atom. The van der Waals surface area contributed by atoms with E-state index >= 15 is 0 Å². The average molecular weight is 453 g/mol. The third-order valence-electron chi connectivity index (χ3n) is 4.79. The lowest BCUT2D eigenvalue weighted by atomic mass is 10.1. The molecule has 174 valence electrons. The van der Waals surface area contributed by atoms with Crippen LogP contribution in [0.2, 0.25) is 0 Å². The molecule has 0 saturated carbocycles. The number of imide groups is 1. The number of carbonyl (C=O) groups excluding carboxylic acids is 2. The van der Waals surface area contributed by atoms with E-state index in [-0.39, 0.29) is 5.91 Å². The van der Waals surface area contributed by atoms with Crippen molar-refractivity contribution < 1.29 is 19.4 Å². The number of hydrogen-bond acceptors (Lipinski definition) is 8. The van der Waals surface area contributed by atoms with E-state index in [4.69, 9.17) is 10.1 Å². The van der Waals surface area contributed by atoms with Gasteiger partial charge in [-0.05, 0) is 45.4 Å². The Bertz CT molecular complexity index is 1080. The maximum absolute atomic E-state index is 12.2. The molecule has 0 spiro atoms. The van der Waals surface area contributed by atoms with Crippen LogP contribution in [0.4, 0.5) is 10.6 Å². The monoisotopic (exact) mass is 452 g/mol. The van der Waals surface area contributed by atoms with E-state index in [2.05, 4.69) is 20.6 Å². The molecule has 1 saturated heterocycles. The highest BCUT2D eigenvalue weighted by atomic mass is 16.5. The summed E-state index contributed by atoms with van der Waals surface area (Å²) in [6.45, 7) is 5.85. The molecule has 4 N–H and O–H groups in total. The first-order valence-electron chi connectivity index (χ1n) is 10.6. The summed E-state index contributed by atoms with van der Waals surface area (Å²) in [5, 5.41) is 23.1. The zero-order valence-electron chi connectivity index (χ0n) is 18.9. The van der Waals surface area contributed by atoms with Crippen LogP contribution in [0.5, 0.6) is 11.5 Å². The first-order valence-corrected chi connectivity index (χ1v) is 10.6. The van der Waals surface area contributed by atoms with Crippen LogP contribution in [0.25, 0.3) is 5.57 Å². The van der Waals surface area contributed by atoms with E-state index in [9.17, 15) is 14.7 Å². The van der Waals surface area contributed by atoms with E-state index in [1.165, 1.54) is 11.1 Å². The molecule has 1 aliphatic rings. The summed E-state index contributed by atoms with van der Waals surface area (Å²) in [6, 6.07) is 6.18. The molecule has 0 atom stereocenters. The summed E-state index contributed by atoms with van der Waals surface area (Å²) in [7, 11) is 0. The topological polar surface area (TPSA) is 141 Å². The molecule has 33 heavy (non-hydrogen) atoms. The van der Waals surface area contributed by atoms with Gasteiger partial charge in [0.05, 0.1) is 17.0 Å². The third kappa shape index (κ3) is 6.59. The number of carbonyl (C=O) groups is 2. The van der Waals surface area contributed by atoms with Gasteiger partial charge in [-0.3, -0.25) is 20.0 Å². The Balaban J connectivity index is 1.69. The van der Waals surface area contributed by atoms with Crippen molar-refractivity contribution >= 4 is 29.5 Å². The predicted octanol–water partition coefficient (Wildman–Crippen LogP) is 3.08. The van der Waals surface area contributed by atoms with Crippen molar-refractivity contribution in [1.29, 1.82) is 5.41 Å². The van der Waals surface area contributed by atoms with Gasteiger partial charge in [-0.25, -0.2) is 9.78 Å². The van der Waals surface area contributed by atoms with Crippen LogP contribution in [0.1, 0.15) is 38.1 Å². The van der Waals surface area contributed by atoms with Crippen molar-refractivity contribution in [3.05, 3.63) is 48.1 Å². The van der Waals surface area contributed by atoms with Gasteiger partial charge in [0, 0.05) is 49.8 Å². The molecule has 3 heterocycles. The van der Waals surface area contributed by atoms with Crippen LogP contribution < -0.4 is 15.4 Å². The first kappa shape index (κ1) is 23.9. The molecule has 0 aliphatic carbocycles. The van der Waals surface area contributed by atoms with Crippen molar-refractivity contribution in [2.75, 3.05) is 18.4 Å². The highest BCUT2D eigenvalue weighted by molar-refractivity contribution is 6.07. The number of aryl methyl sites for hydroxylation is 1. The number of hydrogen-bond donors (Lipinski definition) is 4. The fourth-order valence-electron chi connectivity index (χ4n) is 3.13. The summed E-state index contributed by atoms with van der Waals surface area (Å²) < 4.78 is 5.94. The standard InChI is InChI=1S/C23H28N6O4/c1-15-19(6-7-20(27-15)28-22(31)29-10-4-5-21(29)30)33-17-8-9-26-18(11-17)16(12-24)13-25-14-23(2,3)32/h6-9,11-13,24-25,32H,4-5,10,14H2,1-3H3,(H,27,28,31)/b16-13+,24-12?. The van der Waals surface area contributed by atoms with Gasteiger partial charge in [0.25, 0.3) is 0 Å². The van der Waals surface area contributed by atoms with Crippen molar-refractivity contribution in [3.63, 3.8) is 0 Å². The molecular formula is C23H28N6O4. The van der Waals surface area contributed by atoms with E-state index in [0.29, 0.717) is 60.2 Å². The summed E-state index contributed by atoms with van der Waals surface area (Å²) in [6.07, 6.45) is 5.41. The van der Waals surface area contributed by atoms with Gasteiger partial charge in [-0.15, -0.1) is 0 Å². The smallest absolute Gasteiger partial charge is 0.329 e. The highest BCUT2D eigenvalue weighted by Crippen LogP contribution is 2.26. The van der Waals surface area contributed by atoms with E-state index < -0.39 is 11.6 Å². The molecule has 10 nitrogen and oxygen atoms in total. The van der Waals surface area contributed by atoms with Crippen molar-refractivity contribution in [2.45, 2.75) is 39.2 Å². The highest BCUT2D eigenvalue weighted by Gasteiger charge is 2.26. The number of anilines is 1. The van der Waals surface area contributed by atoms with Gasteiger partial charge in [-0.2, -0.15) is 0 Å². The van der Waals surface area contributed by atoms with Gasteiger partial charge in [0.2, 0.25) is 5.91 Å². The lowest BCUT2D eigenvalue weighted by Crippen LogP contribution is -2.35. The molecule has 3 amide bonds. The molecule has 0 radical (unpaired) electrons. The minimum Gasteiger partial charge on any atom is -0.455 e. The van der Waals surface area contributed by atoms with Gasteiger partial charge in [0.1, 0.15) is 17.3 Å². The second kappa shape index (κ2) is 10.2. The fraction of sp³-hybridized carbons (Fsp3) is 0.348. The van der Waals surface area contributed by atoms with Crippen LogP contribution in [-0.4, -0.2) is 56.8 Å². The number of aliphatic hydroxyl groups is 1. The lowest BCUT2D eigenvalue weighted by Gasteiger charge is -2.17. The minimum atomic E-state index is -0.887. The minimum absolute atomic E-state index is 0.189. The van der Waals surface area contributed by atoms with Crippen molar-refractivity contribution in [2.24, 2.45) is 0 Å².